The lowest BCUT2D eigenvalue weighted by atomic mass is 9.90. The predicted molar refractivity (Wildman–Crippen MR) is 82.5 cm³/mol. The Morgan fingerprint density at radius 2 is 1.85 bits per heavy atom. The molecule has 0 amide bonds. The van der Waals surface area contributed by atoms with Gasteiger partial charge in [0.05, 0.1) is 0 Å². The van der Waals surface area contributed by atoms with Gasteiger partial charge in [-0.15, -0.1) is 0 Å². The van der Waals surface area contributed by atoms with Crippen LogP contribution in [0, 0.1) is 5.92 Å². The summed E-state index contributed by atoms with van der Waals surface area (Å²) in [6.07, 6.45) is 3.60. The van der Waals surface area contributed by atoms with Crippen molar-refractivity contribution in [3.8, 4) is 11.5 Å². The molecule has 0 spiro atoms. The second kappa shape index (κ2) is 7.53. The highest BCUT2D eigenvalue weighted by Gasteiger charge is 2.20. The monoisotopic (exact) mass is 277 g/mol. The van der Waals surface area contributed by atoms with Gasteiger partial charge in [0.1, 0.15) is 13.2 Å². The molecular formula is C17H27NO2. The molecule has 0 aliphatic carbocycles. The van der Waals surface area contributed by atoms with Crippen LogP contribution in [0.4, 0.5) is 0 Å². The fourth-order valence-corrected chi connectivity index (χ4v) is 2.82. The van der Waals surface area contributed by atoms with E-state index in [0.717, 1.165) is 24.5 Å². The van der Waals surface area contributed by atoms with Crippen molar-refractivity contribution < 1.29 is 9.47 Å². The van der Waals surface area contributed by atoms with Crippen LogP contribution in [0.5, 0.6) is 11.5 Å². The predicted octanol–water partition coefficient (Wildman–Crippen LogP) is 3.93. The van der Waals surface area contributed by atoms with Crippen molar-refractivity contribution in [3.05, 3.63) is 23.8 Å². The number of rotatable bonds is 7. The molecule has 3 nitrogen and oxygen atoms in total. The molecule has 1 aromatic rings. The molecular weight excluding hydrogens is 250 g/mol. The fraction of sp³-hybridized carbons (Fsp3) is 0.647. The lowest BCUT2D eigenvalue weighted by Crippen LogP contribution is -2.28. The van der Waals surface area contributed by atoms with E-state index in [9.17, 15) is 0 Å². The first kappa shape index (κ1) is 15.2. The van der Waals surface area contributed by atoms with Crippen LogP contribution < -0.4 is 14.8 Å². The van der Waals surface area contributed by atoms with E-state index in [1.165, 1.54) is 18.4 Å². The van der Waals surface area contributed by atoms with Crippen LogP contribution in [0.1, 0.15) is 51.6 Å². The first-order valence-electron chi connectivity index (χ1n) is 7.89. The number of hydrogen-bond acceptors (Lipinski definition) is 3. The molecule has 1 aliphatic rings. The van der Waals surface area contributed by atoms with Crippen LogP contribution in [0.25, 0.3) is 0 Å². The summed E-state index contributed by atoms with van der Waals surface area (Å²) in [6.45, 7) is 9.13. The molecule has 0 saturated carbocycles. The van der Waals surface area contributed by atoms with Gasteiger partial charge in [0.2, 0.25) is 0 Å². The van der Waals surface area contributed by atoms with Gasteiger partial charge in [0.15, 0.2) is 11.5 Å². The van der Waals surface area contributed by atoms with Gasteiger partial charge >= 0.3 is 0 Å². The topological polar surface area (TPSA) is 30.5 Å². The molecule has 0 fully saturated rings. The molecule has 0 bridgehead atoms. The van der Waals surface area contributed by atoms with Gasteiger partial charge in [-0.2, -0.15) is 0 Å². The molecule has 2 atom stereocenters. The average molecular weight is 277 g/mol. The van der Waals surface area contributed by atoms with Crippen molar-refractivity contribution in [1.82, 2.24) is 5.32 Å². The lowest BCUT2D eigenvalue weighted by Gasteiger charge is -2.27. The Hall–Kier alpha value is -1.22. The molecule has 20 heavy (non-hydrogen) atoms. The summed E-state index contributed by atoms with van der Waals surface area (Å²) < 4.78 is 11.3. The Bertz CT molecular complexity index is 419. The molecule has 1 heterocycles. The van der Waals surface area contributed by atoms with Crippen molar-refractivity contribution >= 4 is 0 Å². The highest BCUT2D eigenvalue weighted by atomic mass is 16.6. The minimum Gasteiger partial charge on any atom is -0.486 e. The molecule has 0 saturated heterocycles. The van der Waals surface area contributed by atoms with Gasteiger partial charge in [-0.25, -0.2) is 0 Å². The van der Waals surface area contributed by atoms with Gasteiger partial charge in [-0.1, -0.05) is 33.3 Å². The van der Waals surface area contributed by atoms with Gasteiger partial charge in [0, 0.05) is 6.04 Å². The molecule has 1 aliphatic heterocycles. The van der Waals surface area contributed by atoms with E-state index < -0.39 is 0 Å². The van der Waals surface area contributed by atoms with Crippen LogP contribution >= 0.6 is 0 Å². The second-order valence-electron chi connectivity index (χ2n) is 5.60. The molecule has 2 rings (SSSR count). The van der Waals surface area contributed by atoms with E-state index in [0.29, 0.717) is 25.2 Å². The number of benzene rings is 1. The van der Waals surface area contributed by atoms with Crippen molar-refractivity contribution in [2.24, 2.45) is 5.92 Å². The van der Waals surface area contributed by atoms with E-state index in [4.69, 9.17) is 9.47 Å². The third-order valence-corrected chi connectivity index (χ3v) is 3.85. The molecule has 1 N–H and O–H groups in total. The van der Waals surface area contributed by atoms with Gasteiger partial charge < -0.3 is 14.8 Å². The Kier molecular flexibility index (Phi) is 5.72. The summed E-state index contributed by atoms with van der Waals surface area (Å²) in [5.41, 5.74) is 1.31. The van der Waals surface area contributed by atoms with Crippen LogP contribution in [0.3, 0.4) is 0 Å². The molecule has 3 heteroatoms. The van der Waals surface area contributed by atoms with E-state index in [2.05, 4.69) is 38.2 Å². The number of nitrogens with one attached hydrogen (secondary N) is 1. The molecule has 2 unspecified atom stereocenters. The normalized spacial score (nSPS) is 16.8. The van der Waals surface area contributed by atoms with E-state index >= 15 is 0 Å². The van der Waals surface area contributed by atoms with Crippen molar-refractivity contribution in [3.63, 3.8) is 0 Å². The third kappa shape index (κ3) is 3.66. The van der Waals surface area contributed by atoms with Crippen molar-refractivity contribution in [2.45, 2.75) is 46.1 Å². The summed E-state index contributed by atoms with van der Waals surface area (Å²) in [5, 5.41) is 3.68. The van der Waals surface area contributed by atoms with Crippen LogP contribution in [-0.2, 0) is 0 Å². The summed E-state index contributed by atoms with van der Waals surface area (Å²) in [7, 11) is 0. The molecule has 0 aromatic heterocycles. The number of ether oxygens (including phenoxy) is 2. The standard InChI is InChI=1S/C17H27NO2/c1-4-6-13(3)17(18-9-5-2)14-7-8-15-16(12-14)20-11-10-19-15/h7-8,12-13,17-18H,4-6,9-11H2,1-3H3. The quantitative estimate of drug-likeness (QED) is 0.819. The number of fused-ring (bicyclic) bond motifs is 1. The fourth-order valence-electron chi connectivity index (χ4n) is 2.82. The average Bonchev–Trinajstić information content (AvgIpc) is 2.48. The van der Waals surface area contributed by atoms with Crippen LogP contribution in [-0.4, -0.2) is 19.8 Å². The summed E-state index contributed by atoms with van der Waals surface area (Å²) in [5.74, 6) is 2.38. The molecule has 0 radical (unpaired) electrons. The molecule has 1 aromatic carbocycles. The van der Waals surface area contributed by atoms with E-state index in [1.54, 1.807) is 0 Å². The zero-order valence-corrected chi connectivity index (χ0v) is 12.9. The first-order chi connectivity index (χ1) is 9.76. The maximum Gasteiger partial charge on any atom is 0.161 e. The molecule has 112 valence electrons. The number of hydrogen-bond donors (Lipinski definition) is 1. The lowest BCUT2D eigenvalue weighted by molar-refractivity contribution is 0.171. The van der Waals surface area contributed by atoms with Crippen LogP contribution in [0.15, 0.2) is 18.2 Å². The minimum atomic E-state index is 0.394. The minimum absolute atomic E-state index is 0.394. The SMILES string of the molecule is CCCNC(c1ccc2c(c1)OCCO2)C(C)CCC. The highest BCUT2D eigenvalue weighted by molar-refractivity contribution is 5.44. The van der Waals surface area contributed by atoms with Gasteiger partial charge in [-0.05, 0) is 43.0 Å². The zero-order chi connectivity index (χ0) is 14.4. The summed E-state index contributed by atoms with van der Waals surface area (Å²) in [4.78, 5) is 0. The maximum atomic E-state index is 5.71. The first-order valence-corrected chi connectivity index (χ1v) is 7.89. The van der Waals surface area contributed by atoms with Crippen LogP contribution in [0.2, 0.25) is 0 Å². The summed E-state index contributed by atoms with van der Waals surface area (Å²) in [6, 6.07) is 6.76. The largest absolute Gasteiger partial charge is 0.486 e. The highest BCUT2D eigenvalue weighted by Crippen LogP contribution is 2.35. The van der Waals surface area contributed by atoms with E-state index in [-0.39, 0.29) is 0 Å². The Labute approximate surface area is 122 Å². The Morgan fingerprint density at radius 1 is 1.10 bits per heavy atom. The second-order valence-corrected chi connectivity index (χ2v) is 5.60. The van der Waals surface area contributed by atoms with Gasteiger partial charge in [0.25, 0.3) is 0 Å². The van der Waals surface area contributed by atoms with Gasteiger partial charge in [-0.3, -0.25) is 0 Å². The zero-order valence-electron chi connectivity index (χ0n) is 12.9. The Morgan fingerprint density at radius 3 is 2.55 bits per heavy atom. The summed E-state index contributed by atoms with van der Waals surface area (Å²) >= 11 is 0. The Balaban J connectivity index is 2.18. The van der Waals surface area contributed by atoms with Crippen molar-refractivity contribution in [2.75, 3.05) is 19.8 Å². The van der Waals surface area contributed by atoms with E-state index in [1.807, 2.05) is 6.07 Å². The third-order valence-electron chi connectivity index (χ3n) is 3.85. The smallest absolute Gasteiger partial charge is 0.161 e. The maximum absolute atomic E-state index is 5.71. The van der Waals surface area contributed by atoms with Crippen molar-refractivity contribution in [1.29, 1.82) is 0 Å².